The first-order valence-corrected chi connectivity index (χ1v) is 3.60. The highest BCUT2D eigenvalue weighted by Crippen LogP contribution is 2.35. The van der Waals surface area contributed by atoms with Gasteiger partial charge in [-0.1, -0.05) is 0 Å². The average Bonchev–Trinajstić information content (AvgIpc) is 2.13. The van der Waals surface area contributed by atoms with E-state index in [0.29, 0.717) is 0 Å². The van der Waals surface area contributed by atoms with Gasteiger partial charge >= 0.3 is 7.32 Å². The summed E-state index contributed by atoms with van der Waals surface area (Å²) in [7, 11) is -2.21. The third kappa shape index (κ3) is 1.70. The SMILES string of the molecule is C[C@]1(OB(O)O)OC[C@H](O)C1(O)O. The number of aliphatic hydroxyl groups excluding tert-OH is 1. The Morgan fingerprint density at radius 2 is 2.00 bits per heavy atom. The molecule has 8 heteroatoms. The van der Waals surface area contributed by atoms with Crippen LogP contribution in [0.3, 0.4) is 0 Å². The lowest BCUT2D eigenvalue weighted by molar-refractivity contribution is -0.331. The number of ether oxygens (including phenoxy) is 1. The molecular formula is C5H11BO7. The lowest BCUT2D eigenvalue weighted by Crippen LogP contribution is -2.58. The largest absolute Gasteiger partial charge is 0.636 e. The zero-order valence-corrected chi connectivity index (χ0v) is 6.91. The molecule has 0 saturated carbocycles. The summed E-state index contributed by atoms with van der Waals surface area (Å²) in [6, 6.07) is 0. The van der Waals surface area contributed by atoms with E-state index >= 15 is 0 Å². The molecule has 5 N–H and O–H groups in total. The third-order valence-electron chi connectivity index (χ3n) is 1.98. The minimum atomic E-state index is -2.67. The molecule has 0 radical (unpaired) electrons. The molecule has 0 amide bonds. The van der Waals surface area contributed by atoms with Crippen LogP contribution in [0.2, 0.25) is 0 Å². The predicted octanol–water partition coefficient (Wildman–Crippen LogP) is -3.24. The lowest BCUT2D eigenvalue weighted by atomic mass is 10.0. The van der Waals surface area contributed by atoms with Gasteiger partial charge in [0.25, 0.3) is 0 Å². The number of hydrogen-bond donors (Lipinski definition) is 5. The van der Waals surface area contributed by atoms with Gasteiger partial charge in [-0.2, -0.15) is 0 Å². The molecule has 0 aromatic rings. The summed E-state index contributed by atoms with van der Waals surface area (Å²) in [4.78, 5) is 0. The highest BCUT2D eigenvalue weighted by molar-refractivity contribution is 6.32. The molecule has 0 unspecified atom stereocenters. The Balaban J connectivity index is 2.79. The topological polar surface area (TPSA) is 120 Å². The van der Waals surface area contributed by atoms with E-state index in [9.17, 15) is 10.2 Å². The first-order valence-electron chi connectivity index (χ1n) is 3.60. The molecule has 0 aliphatic carbocycles. The molecule has 0 spiro atoms. The summed E-state index contributed by atoms with van der Waals surface area (Å²) in [5.41, 5.74) is 0. The Morgan fingerprint density at radius 3 is 2.31 bits per heavy atom. The third-order valence-corrected chi connectivity index (χ3v) is 1.98. The smallest absolute Gasteiger partial charge is 0.402 e. The Hall–Kier alpha value is -0.215. The molecule has 13 heavy (non-hydrogen) atoms. The molecule has 1 saturated heterocycles. The van der Waals surface area contributed by atoms with Crippen LogP contribution < -0.4 is 0 Å². The quantitative estimate of drug-likeness (QED) is 0.231. The van der Waals surface area contributed by atoms with Gasteiger partial charge in [0.1, 0.15) is 6.10 Å². The molecule has 1 aliphatic heterocycles. The van der Waals surface area contributed by atoms with E-state index in [2.05, 4.69) is 9.39 Å². The second kappa shape index (κ2) is 3.17. The summed E-state index contributed by atoms with van der Waals surface area (Å²) >= 11 is 0. The Morgan fingerprint density at radius 1 is 1.46 bits per heavy atom. The molecule has 7 nitrogen and oxygen atoms in total. The molecule has 1 heterocycles. The standard InChI is InChI=1S/C5H11BO7/c1-4(13-6(10)11)5(8,9)3(7)2-12-4/h3,7-11H,2H2,1H3/t3-,4+/m0/s1. The summed E-state index contributed by atoms with van der Waals surface area (Å²) in [6.45, 7) is 0.707. The van der Waals surface area contributed by atoms with Crippen LogP contribution in [-0.4, -0.2) is 57.0 Å². The van der Waals surface area contributed by atoms with E-state index < -0.39 is 25.0 Å². The van der Waals surface area contributed by atoms with E-state index in [4.69, 9.17) is 15.2 Å². The van der Waals surface area contributed by atoms with Crippen LogP contribution in [0.25, 0.3) is 0 Å². The van der Waals surface area contributed by atoms with E-state index in [1.807, 2.05) is 0 Å². The Kier molecular flexibility index (Phi) is 2.65. The molecular weight excluding hydrogens is 183 g/mol. The molecule has 0 bridgehead atoms. The van der Waals surface area contributed by atoms with Gasteiger partial charge in [-0.15, -0.1) is 0 Å². The normalized spacial score (nSPS) is 37.8. The second-order valence-corrected chi connectivity index (χ2v) is 2.94. The van der Waals surface area contributed by atoms with Crippen LogP contribution in [0, 0.1) is 0 Å². The molecule has 1 fully saturated rings. The number of aliphatic hydroxyl groups is 3. The maximum atomic E-state index is 9.26. The van der Waals surface area contributed by atoms with Crippen molar-refractivity contribution in [2.75, 3.05) is 6.61 Å². The predicted molar refractivity (Wildman–Crippen MR) is 38.8 cm³/mol. The van der Waals surface area contributed by atoms with Crippen LogP contribution >= 0.6 is 0 Å². The monoisotopic (exact) mass is 194 g/mol. The fourth-order valence-electron chi connectivity index (χ4n) is 1.08. The molecule has 0 aromatic carbocycles. The van der Waals surface area contributed by atoms with Gasteiger partial charge in [0.2, 0.25) is 11.6 Å². The minimum Gasteiger partial charge on any atom is -0.402 e. The van der Waals surface area contributed by atoms with Gasteiger partial charge in [-0.25, -0.2) is 0 Å². The van der Waals surface area contributed by atoms with E-state index in [-0.39, 0.29) is 6.61 Å². The molecule has 1 rings (SSSR count). The van der Waals surface area contributed by atoms with Crippen molar-refractivity contribution >= 4 is 7.32 Å². The number of hydrogen-bond acceptors (Lipinski definition) is 7. The number of rotatable bonds is 2. The summed E-state index contributed by atoms with van der Waals surface area (Å²) in [6.07, 6.45) is -1.56. The highest BCUT2D eigenvalue weighted by Gasteiger charge is 2.60. The molecule has 2 atom stereocenters. The lowest BCUT2D eigenvalue weighted by Gasteiger charge is -2.34. The van der Waals surface area contributed by atoms with Crippen molar-refractivity contribution in [2.45, 2.75) is 24.6 Å². The minimum absolute atomic E-state index is 0.365. The van der Waals surface area contributed by atoms with Crippen molar-refractivity contribution in [2.24, 2.45) is 0 Å². The van der Waals surface area contributed by atoms with Crippen molar-refractivity contribution in [1.82, 2.24) is 0 Å². The molecule has 1 aliphatic rings. The fraction of sp³-hybridized carbons (Fsp3) is 1.00. The zero-order valence-electron chi connectivity index (χ0n) is 6.91. The fourth-order valence-corrected chi connectivity index (χ4v) is 1.08. The molecule has 76 valence electrons. The van der Waals surface area contributed by atoms with Crippen LogP contribution in [0.5, 0.6) is 0 Å². The van der Waals surface area contributed by atoms with Crippen LogP contribution in [0.4, 0.5) is 0 Å². The van der Waals surface area contributed by atoms with E-state index in [0.717, 1.165) is 6.92 Å². The second-order valence-electron chi connectivity index (χ2n) is 2.94. The first kappa shape index (κ1) is 10.9. The van der Waals surface area contributed by atoms with Gasteiger partial charge in [-0.3, -0.25) is 0 Å². The first-order chi connectivity index (χ1) is 5.79. The van der Waals surface area contributed by atoms with Crippen molar-refractivity contribution in [1.29, 1.82) is 0 Å². The van der Waals surface area contributed by atoms with Crippen molar-refractivity contribution in [3.63, 3.8) is 0 Å². The van der Waals surface area contributed by atoms with Crippen LogP contribution in [-0.2, 0) is 9.39 Å². The zero-order chi connectivity index (χ0) is 10.3. The van der Waals surface area contributed by atoms with E-state index in [1.165, 1.54) is 0 Å². The van der Waals surface area contributed by atoms with Gasteiger partial charge in [0.05, 0.1) is 6.61 Å². The average molecular weight is 194 g/mol. The Bertz CT molecular complexity index is 195. The maximum absolute atomic E-state index is 9.26. The van der Waals surface area contributed by atoms with Gasteiger partial charge in [-0.05, 0) is 6.92 Å². The van der Waals surface area contributed by atoms with Crippen molar-refractivity contribution in [3.8, 4) is 0 Å². The van der Waals surface area contributed by atoms with Crippen LogP contribution in [0.15, 0.2) is 0 Å². The van der Waals surface area contributed by atoms with Crippen molar-refractivity contribution < 1.29 is 34.8 Å². The van der Waals surface area contributed by atoms with Gasteiger partial charge < -0.3 is 34.8 Å². The summed E-state index contributed by atoms with van der Waals surface area (Å²) < 4.78 is 9.00. The van der Waals surface area contributed by atoms with E-state index in [1.54, 1.807) is 0 Å². The van der Waals surface area contributed by atoms with Gasteiger partial charge in [0, 0.05) is 0 Å². The Labute approximate surface area is 74.3 Å². The molecule has 0 aromatic heterocycles. The highest BCUT2D eigenvalue weighted by atomic mass is 16.8. The van der Waals surface area contributed by atoms with Gasteiger partial charge in [0.15, 0.2) is 0 Å². The van der Waals surface area contributed by atoms with Crippen molar-refractivity contribution in [3.05, 3.63) is 0 Å². The maximum Gasteiger partial charge on any atom is 0.636 e. The summed E-state index contributed by atoms with van der Waals surface area (Å²) in [5.74, 6) is -4.72. The van der Waals surface area contributed by atoms with Crippen LogP contribution in [0.1, 0.15) is 6.92 Å². The summed E-state index contributed by atoms with van der Waals surface area (Å²) in [5, 5.41) is 44.5.